The van der Waals surface area contributed by atoms with Crippen LogP contribution in [0.3, 0.4) is 0 Å². The molecule has 2 aliphatic heterocycles. The number of carbonyl (C=O) groups is 1. The van der Waals surface area contributed by atoms with Crippen LogP contribution < -0.4 is 0 Å². The summed E-state index contributed by atoms with van der Waals surface area (Å²) in [7, 11) is 0. The number of nitrogens with zero attached hydrogens (tertiary/aromatic N) is 4. The van der Waals surface area contributed by atoms with Gasteiger partial charge >= 0.3 is 0 Å². The summed E-state index contributed by atoms with van der Waals surface area (Å²) in [6, 6.07) is 6.19. The minimum absolute atomic E-state index is 0.113. The van der Waals surface area contributed by atoms with Crippen molar-refractivity contribution in [2.45, 2.75) is 52.2 Å². The molecule has 2 aromatic rings. The smallest absolute Gasteiger partial charge is 0.254 e. The van der Waals surface area contributed by atoms with Crippen molar-refractivity contribution in [3.63, 3.8) is 0 Å². The molecule has 5 nitrogen and oxygen atoms in total. The fourth-order valence-electron chi connectivity index (χ4n) is 4.20. The van der Waals surface area contributed by atoms with Crippen molar-refractivity contribution in [2.75, 3.05) is 19.6 Å². The third-order valence-electron chi connectivity index (χ3n) is 5.59. The molecule has 144 valence electrons. The molecule has 0 unspecified atom stereocenters. The number of rotatable bonds is 4. The summed E-state index contributed by atoms with van der Waals surface area (Å²) in [5.41, 5.74) is 4.01. The number of benzene rings is 1. The molecule has 0 radical (unpaired) electrons. The van der Waals surface area contributed by atoms with Gasteiger partial charge in [-0.25, -0.2) is 4.39 Å². The van der Waals surface area contributed by atoms with Crippen molar-refractivity contribution >= 4 is 5.91 Å². The Bertz CT molecular complexity index is 839. The van der Waals surface area contributed by atoms with Crippen molar-refractivity contribution in [1.82, 2.24) is 19.6 Å². The lowest BCUT2D eigenvalue weighted by atomic mass is 10.0. The number of halogens is 1. The molecule has 1 fully saturated rings. The number of hydrogen-bond donors (Lipinski definition) is 0. The summed E-state index contributed by atoms with van der Waals surface area (Å²) in [4.78, 5) is 17.1. The Morgan fingerprint density at radius 2 is 2.00 bits per heavy atom. The van der Waals surface area contributed by atoms with Crippen LogP contribution in [-0.2, 0) is 19.5 Å². The van der Waals surface area contributed by atoms with Crippen molar-refractivity contribution in [2.24, 2.45) is 0 Å². The molecule has 4 rings (SSSR count). The quantitative estimate of drug-likeness (QED) is 0.828. The number of fused-ring (bicyclic) bond motifs is 1. The maximum absolute atomic E-state index is 13.5. The second kappa shape index (κ2) is 7.43. The first-order valence-electron chi connectivity index (χ1n) is 9.89. The molecule has 0 bridgehead atoms. The van der Waals surface area contributed by atoms with E-state index in [-0.39, 0.29) is 17.8 Å². The number of likely N-dealkylation sites (tertiary alicyclic amines) is 1. The molecule has 1 saturated heterocycles. The summed E-state index contributed by atoms with van der Waals surface area (Å²) >= 11 is 0. The molecule has 1 aromatic heterocycles. The third-order valence-corrected chi connectivity index (χ3v) is 5.59. The van der Waals surface area contributed by atoms with Gasteiger partial charge in [0, 0.05) is 30.3 Å². The van der Waals surface area contributed by atoms with E-state index < -0.39 is 0 Å². The van der Waals surface area contributed by atoms with Crippen LogP contribution in [0.25, 0.3) is 0 Å². The van der Waals surface area contributed by atoms with Crippen molar-refractivity contribution in [1.29, 1.82) is 0 Å². The lowest BCUT2D eigenvalue weighted by Crippen LogP contribution is -2.37. The van der Waals surface area contributed by atoms with Crippen molar-refractivity contribution in [3.05, 3.63) is 52.6 Å². The predicted molar refractivity (Wildman–Crippen MR) is 102 cm³/mol. The van der Waals surface area contributed by atoms with Crippen molar-refractivity contribution in [3.8, 4) is 0 Å². The fraction of sp³-hybridized carbons (Fsp3) is 0.524. The van der Waals surface area contributed by atoms with E-state index in [2.05, 4.69) is 23.4 Å². The van der Waals surface area contributed by atoms with Gasteiger partial charge in [-0.1, -0.05) is 6.07 Å². The van der Waals surface area contributed by atoms with E-state index in [1.54, 1.807) is 12.1 Å². The molecule has 1 aromatic carbocycles. The monoisotopic (exact) mass is 370 g/mol. The Balaban J connectivity index is 1.59. The maximum Gasteiger partial charge on any atom is 0.254 e. The maximum atomic E-state index is 13.5. The van der Waals surface area contributed by atoms with Crippen LogP contribution in [0.2, 0.25) is 0 Å². The van der Waals surface area contributed by atoms with Crippen LogP contribution >= 0.6 is 0 Å². The zero-order valence-corrected chi connectivity index (χ0v) is 16.1. The van der Waals surface area contributed by atoms with Gasteiger partial charge in [0.1, 0.15) is 5.82 Å². The molecule has 0 atom stereocenters. The molecule has 2 aliphatic rings. The molecule has 0 spiro atoms. The molecule has 0 saturated carbocycles. The highest BCUT2D eigenvalue weighted by atomic mass is 19.1. The van der Waals surface area contributed by atoms with E-state index in [0.717, 1.165) is 31.7 Å². The van der Waals surface area contributed by atoms with Crippen LogP contribution in [0.15, 0.2) is 24.3 Å². The first kappa shape index (κ1) is 18.2. The van der Waals surface area contributed by atoms with E-state index in [0.29, 0.717) is 18.7 Å². The zero-order chi connectivity index (χ0) is 19.0. The summed E-state index contributed by atoms with van der Waals surface area (Å²) in [6.07, 6.45) is 3.35. The van der Waals surface area contributed by atoms with Gasteiger partial charge in [0.05, 0.1) is 17.9 Å². The highest BCUT2D eigenvalue weighted by Crippen LogP contribution is 2.27. The van der Waals surface area contributed by atoms with Gasteiger partial charge in [0.25, 0.3) is 5.91 Å². The average Bonchev–Trinajstić information content (AvgIpc) is 3.29. The summed E-state index contributed by atoms with van der Waals surface area (Å²) < 4.78 is 15.6. The number of aromatic nitrogens is 2. The predicted octanol–water partition coefficient (Wildman–Crippen LogP) is 3.40. The standard InChI is InChI=1S/C21H27FN4O/c1-15(2)26-20-14-25(21(27)16-6-5-7-17(22)12-16)11-8-18(20)19(23-26)13-24-9-3-4-10-24/h5-7,12,15H,3-4,8-11,13-14H2,1-2H3. The fourth-order valence-corrected chi connectivity index (χ4v) is 4.20. The number of amides is 1. The zero-order valence-electron chi connectivity index (χ0n) is 16.1. The largest absolute Gasteiger partial charge is 0.332 e. The molecule has 0 N–H and O–H groups in total. The Labute approximate surface area is 159 Å². The molecule has 3 heterocycles. The third kappa shape index (κ3) is 3.63. The molecule has 0 aliphatic carbocycles. The van der Waals surface area contributed by atoms with Crippen LogP contribution in [-0.4, -0.2) is 45.1 Å². The van der Waals surface area contributed by atoms with Crippen LogP contribution in [0.5, 0.6) is 0 Å². The Morgan fingerprint density at radius 1 is 1.22 bits per heavy atom. The first-order chi connectivity index (χ1) is 13.0. The van der Waals surface area contributed by atoms with Gasteiger partial charge in [0.2, 0.25) is 0 Å². The van der Waals surface area contributed by atoms with Crippen LogP contribution in [0.4, 0.5) is 4.39 Å². The van der Waals surface area contributed by atoms with Crippen LogP contribution in [0, 0.1) is 5.82 Å². The Morgan fingerprint density at radius 3 is 2.70 bits per heavy atom. The summed E-state index contributed by atoms with van der Waals surface area (Å²) in [5, 5.41) is 4.91. The van der Waals surface area contributed by atoms with Gasteiger partial charge in [-0.3, -0.25) is 14.4 Å². The van der Waals surface area contributed by atoms with E-state index in [1.807, 2.05) is 4.90 Å². The van der Waals surface area contributed by atoms with Gasteiger partial charge in [0.15, 0.2) is 0 Å². The van der Waals surface area contributed by atoms with E-state index in [9.17, 15) is 9.18 Å². The lowest BCUT2D eigenvalue weighted by molar-refractivity contribution is 0.0728. The van der Waals surface area contributed by atoms with Gasteiger partial charge in [-0.15, -0.1) is 0 Å². The minimum atomic E-state index is -0.376. The molecule has 6 heteroatoms. The lowest BCUT2D eigenvalue weighted by Gasteiger charge is -2.29. The van der Waals surface area contributed by atoms with E-state index in [1.165, 1.54) is 36.2 Å². The Hall–Kier alpha value is -2.21. The van der Waals surface area contributed by atoms with Gasteiger partial charge in [-0.2, -0.15) is 5.10 Å². The normalized spacial score (nSPS) is 17.6. The summed E-state index contributed by atoms with van der Waals surface area (Å²) in [6.45, 7) is 8.64. The molecule has 1 amide bonds. The highest BCUT2D eigenvalue weighted by molar-refractivity contribution is 5.94. The average molecular weight is 370 g/mol. The minimum Gasteiger partial charge on any atom is -0.332 e. The summed E-state index contributed by atoms with van der Waals surface area (Å²) in [5.74, 6) is -0.489. The van der Waals surface area contributed by atoms with E-state index >= 15 is 0 Å². The molecule has 27 heavy (non-hydrogen) atoms. The van der Waals surface area contributed by atoms with E-state index in [4.69, 9.17) is 5.10 Å². The number of carbonyl (C=O) groups excluding carboxylic acids is 1. The second-order valence-corrected chi connectivity index (χ2v) is 7.88. The SMILES string of the molecule is CC(C)n1nc(CN2CCCC2)c2c1CN(C(=O)c1cccc(F)c1)CC2. The second-order valence-electron chi connectivity index (χ2n) is 7.88. The molecular formula is C21H27FN4O. The number of hydrogen-bond acceptors (Lipinski definition) is 3. The Kier molecular flexibility index (Phi) is 5.00. The first-order valence-corrected chi connectivity index (χ1v) is 9.89. The van der Waals surface area contributed by atoms with Crippen molar-refractivity contribution < 1.29 is 9.18 Å². The van der Waals surface area contributed by atoms with Crippen LogP contribution in [0.1, 0.15) is 60.0 Å². The molecular weight excluding hydrogens is 343 g/mol. The van der Waals surface area contributed by atoms with Gasteiger partial charge in [-0.05, 0) is 64.4 Å². The van der Waals surface area contributed by atoms with Gasteiger partial charge < -0.3 is 4.90 Å². The topological polar surface area (TPSA) is 41.4 Å². The highest BCUT2D eigenvalue weighted by Gasteiger charge is 2.29.